The number of likely N-dealkylation sites (tertiary alicyclic amines) is 1. The summed E-state index contributed by atoms with van der Waals surface area (Å²) in [5.74, 6) is 2.68. The fourth-order valence-electron chi connectivity index (χ4n) is 3.99. The summed E-state index contributed by atoms with van der Waals surface area (Å²) in [4.78, 5) is 21.6. The lowest BCUT2D eigenvalue weighted by Crippen LogP contribution is -2.52. The van der Waals surface area contributed by atoms with Crippen LogP contribution in [-0.2, 0) is 4.74 Å². The van der Waals surface area contributed by atoms with Gasteiger partial charge in [0.2, 0.25) is 0 Å². The summed E-state index contributed by atoms with van der Waals surface area (Å²) in [6.45, 7) is 9.58. The number of hydrogen-bond donors (Lipinski definition) is 1. The number of nitrogens with zero attached hydrogens (tertiary/aromatic N) is 3. The molecule has 1 heterocycles. The smallest absolute Gasteiger partial charge is 0.410 e. The molecule has 1 N–H and O–H groups in total. The molecular weight excluding hydrogens is 479 g/mol. The van der Waals surface area contributed by atoms with Gasteiger partial charge < -0.3 is 19.9 Å². The van der Waals surface area contributed by atoms with E-state index in [4.69, 9.17) is 4.74 Å². The molecule has 0 unspecified atom stereocenters. The van der Waals surface area contributed by atoms with E-state index < -0.39 is 5.60 Å². The van der Waals surface area contributed by atoms with Gasteiger partial charge in [-0.15, -0.1) is 24.0 Å². The number of guanidine groups is 1. The molecule has 29 heavy (non-hydrogen) atoms. The van der Waals surface area contributed by atoms with Crippen LogP contribution in [-0.4, -0.2) is 66.7 Å². The minimum atomic E-state index is -0.438. The maximum Gasteiger partial charge on any atom is 0.410 e. The number of piperidine rings is 1. The van der Waals surface area contributed by atoms with Gasteiger partial charge >= 0.3 is 6.09 Å². The third-order valence-electron chi connectivity index (χ3n) is 5.97. The maximum absolute atomic E-state index is 12.8. The number of carbonyl (C=O) groups excluding carboxylic acids is 1. The second-order valence-corrected chi connectivity index (χ2v) is 9.85. The summed E-state index contributed by atoms with van der Waals surface area (Å²) in [5.41, 5.74) is -0.438. The Morgan fingerprint density at radius 3 is 2.24 bits per heavy atom. The van der Waals surface area contributed by atoms with E-state index in [0.29, 0.717) is 5.92 Å². The zero-order valence-electron chi connectivity index (χ0n) is 18.8. The molecule has 168 valence electrons. The van der Waals surface area contributed by atoms with Crippen LogP contribution in [0, 0.1) is 11.8 Å². The van der Waals surface area contributed by atoms with Crippen LogP contribution in [0.3, 0.4) is 0 Å². The van der Waals surface area contributed by atoms with Crippen molar-refractivity contribution in [2.45, 2.75) is 83.8 Å². The van der Waals surface area contributed by atoms with Crippen LogP contribution in [0.25, 0.3) is 0 Å². The number of ether oxygens (including phenoxy) is 1. The van der Waals surface area contributed by atoms with Crippen LogP contribution < -0.4 is 5.32 Å². The van der Waals surface area contributed by atoms with Gasteiger partial charge in [0.15, 0.2) is 5.96 Å². The minimum absolute atomic E-state index is 0. The Kier molecular flexibility index (Phi) is 9.35. The fourth-order valence-corrected chi connectivity index (χ4v) is 3.99. The molecule has 6 nitrogen and oxygen atoms in total. The van der Waals surface area contributed by atoms with Crippen molar-refractivity contribution in [3.63, 3.8) is 0 Å². The minimum Gasteiger partial charge on any atom is -0.444 e. The van der Waals surface area contributed by atoms with Gasteiger partial charge in [-0.1, -0.05) is 12.8 Å². The van der Waals surface area contributed by atoms with Crippen molar-refractivity contribution in [3.05, 3.63) is 0 Å². The average molecular weight is 521 g/mol. The number of nitrogens with one attached hydrogen (secondary N) is 1. The first-order valence-corrected chi connectivity index (χ1v) is 11.3. The van der Waals surface area contributed by atoms with Gasteiger partial charge in [0.1, 0.15) is 5.60 Å². The van der Waals surface area contributed by atoms with Gasteiger partial charge in [-0.3, -0.25) is 4.99 Å². The highest BCUT2D eigenvalue weighted by molar-refractivity contribution is 14.0. The van der Waals surface area contributed by atoms with E-state index >= 15 is 0 Å². The number of aliphatic imine (C=N–C) groups is 1. The summed E-state index contributed by atoms with van der Waals surface area (Å²) >= 11 is 0. The summed E-state index contributed by atoms with van der Waals surface area (Å²) in [6.07, 6.45) is 9.75. The molecule has 0 radical (unpaired) electrons. The summed E-state index contributed by atoms with van der Waals surface area (Å²) < 4.78 is 5.70. The van der Waals surface area contributed by atoms with Gasteiger partial charge in [-0.05, 0) is 71.1 Å². The van der Waals surface area contributed by atoms with Gasteiger partial charge in [-0.25, -0.2) is 4.79 Å². The van der Waals surface area contributed by atoms with Crippen molar-refractivity contribution in [2.24, 2.45) is 16.8 Å². The Balaban J connectivity index is 0.00000300. The summed E-state index contributed by atoms with van der Waals surface area (Å²) in [5, 5.41) is 3.53. The van der Waals surface area contributed by atoms with Gasteiger partial charge in [0, 0.05) is 39.3 Å². The Hall–Kier alpha value is -0.730. The van der Waals surface area contributed by atoms with Crippen molar-refractivity contribution < 1.29 is 9.53 Å². The molecule has 2 saturated carbocycles. The lowest BCUT2D eigenvalue weighted by atomic mass is 10.0. The number of halogens is 1. The largest absolute Gasteiger partial charge is 0.444 e. The summed E-state index contributed by atoms with van der Waals surface area (Å²) in [7, 11) is 1.87. The maximum atomic E-state index is 12.8. The fraction of sp³-hybridized carbons (Fsp3) is 0.909. The Labute approximate surface area is 194 Å². The Bertz CT molecular complexity index is 548. The first-order valence-electron chi connectivity index (χ1n) is 11.3. The molecule has 7 heteroatoms. The molecule has 0 aromatic rings. The van der Waals surface area contributed by atoms with Gasteiger partial charge in [-0.2, -0.15) is 0 Å². The lowest BCUT2D eigenvalue weighted by Gasteiger charge is -2.40. The zero-order chi connectivity index (χ0) is 20.1. The molecule has 3 fully saturated rings. The van der Waals surface area contributed by atoms with Crippen molar-refractivity contribution in [2.75, 3.05) is 33.2 Å². The average Bonchev–Trinajstić information content (AvgIpc) is 3.53. The van der Waals surface area contributed by atoms with Gasteiger partial charge in [0.05, 0.1) is 0 Å². The molecule has 2 aliphatic carbocycles. The van der Waals surface area contributed by atoms with Crippen molar-refractivity contribution >= 4 is 36.0 Å². The van der Waals surface area contributed by atoms with E-state index in [0.717, 1.165) is 50.9 Å². The molecule has 0 atom stereocenters. The van der Waals surface area contributed by atoms with E-state index in [1.165, 1.54) is 38.5 Å². The molecule has 0 aromatic carbocycles. The monoisotopic (exact) mass is 520 g/mol. The van der Waals surface area contributed by atoms with Gasteiger partial charge in [0.25, 0.3) is 0 Å². The third kappa shape index (κ3) is 8.50. The highest BCUT2D eigenvalue weighted by Gasteiger charge is 2.35. The lowest BCUT2D eigenvalue weighted by molar-refractivity contribution is 0.00928. The first-order chi connectivity index (χ1) is 13.4. The van der Waals surface area contributed by atoms with Crippen LogP contribution >= 0.6 is 24.0 Å². The second kappa shape index (κ2) is 11.0. The van der Waals surface area contributed by atoms with Crippen LogP contribution in [0.4, 0.5) is 4.79 Å². The molecule has 0 aromatic heterocycles. The van der Waals surface area contributed by atoms with E-state index in [1.807, 2.05) is 32.7 Å². The van der Waals surface area contributed by atoms with E-state index in [1.54, 1.807) is 0 Å². The number of amides is 1. The molecular formula is C22H41IN4O2. The van der Waals surface area contributed by atoms with E-state index in [-0.39, 0.29) is 36.1 Å². The van der Waals surface area contributed by atoms with Crippen LogP contribution in [0.1, 0.15) is 72.1 Å². The number of hydrogen-bond acceptors (Lipinski definition) is 3. The number of carbonyl (C=O) groups is 1. The molecule has 0 bridgehead atoms. The topological polar surface area (TPSA) is 57.2 Å². The van der Waals surface area contributed by atoms with Crippen LogP contribution in [0.15, 0.2) is 4.99 Å². The molecule has 1 aliphatic heterocycles. The normalized spacial score (nSPS) is 20.8. The molecule has 0 spiro atoms. The van der Waals surface area contributed by atoms with Crippen molar-refractivity contribution in [1.82, 2.24) is 15.1 Å². The highest BCUT2D eigenvalue weighted by atomic mass is 127. The van der Waals surface area contributed by atoms with Crippen LogP contribution in [0.5, 0.6) is 0 Å². The molecule has 1 saturated heterocycles. The van der Waals surface area contributed by atoms with E-state index in [2.05, 4.69) is 15.2 Å². The van der Waals surface area contributed by atoms with E-state index in [9.17, 15) is 4.79 Å². The predicted octanol–water partition coefficient (Wildman–Crippen LogP) is 4.48. The third-order valence-corrected chi connectivity index (χ3v) is 5.97. The SMILES string of the molecule is CN=C(NCCCC1CC1)N1CCC(N(CC2CC2)C(=O)OC(C)(C)C)CC1.I. The molecule has 1 amide bonds. The Morgan fingerprint density at radius 1 is 1.10 bits per heavy atom. The quantitative estimate of drug-likeness (QED) is 0.233. The standard InChI is InChI=1S/C22H40N4O2.HI/c1-22(2,3)28-21(27)26(16-18-9-10-18)19-11-14-25(15-12-19)20(23-4)24-13-5-6-17-7-8-17;/h17-19H,5-16H2,1-4H3,(H,23,24);1H. The zero-order valence-corrected chi connectivity index (χ0v) is 21.1. The summed E-state index contributed by atoms with van der Waals surface area (Å²) in [6, 6.07) is 0.277. The first kappa shape index (κ1) is 24.5. The van der Waals surface area contributed by atoms with Crippen LogP contribution in [0.2, 0.25) is 0 Å². The van der Waals surface area contributed by atoms with Crippen molar-refractivity contribution in [3.8, 4) is 0 Å². The second-order valence-electron chi connectivity index (χ2n) is 9.85. The predicted molar refractivity (Wildman–Crippen MR) is 129 cm³/mol. The van der Waals surface area contributed by atoms with Crippen molar-refractivity contribution in [1.29, 1.82) is 0 Å². The highest BCUT2D eigenvalue weighted by Crippen LogP contribution is 2.33. The molecule has 3 rings (SSSR count). The number of rotatable bonds is 7. The Morgan fingerprint density at radius 2 is 1.72 bits per heavy atom. The molecule has 3 aliphatic rings.